The average Bonchev–Trinajstić information content (AvgIpc) is 2.82. The Morgan fingerprint density at radius 2 is 1.91 bits per heavy atom. The number of carbonyl (C=O) groups is 2. The number of hydrogen-bond donors (Lipinski definition) is 0. The number of benzene rings is 1. The highest BCUT2D eigenvalue weighted by molar-refractivity contribution is 9.10. The standard InChI is InChI=1S/C16H14BrN3O2/c1-11(12-5-3-2-4-6-12)19-10-15(21)20(16(19)22)14-7-13(17)8-18-9-14/h2-9,11H,10H2,1H3/t11-/m1/s1. The molecule has 1 fully saturated rings. The van der Waals surface area contributed by atoms with E-state index in [0.29, 0.717) is 5.69 Å². The van der Waals surface area contributed by atoms with Gasteiger partial charge in [-0.05, 0) is 34.5 Å². The zero-order valence-electron chi connectivity index (χ0n) is 11.9. The first kappa shape index (κ1) is 14.7. The SMILES string of the molecule is C[C@H](c1ccccc1)N1CC(=O)N(c2cncc(Br)c2)C1=O. The minimum absolute atomic E-state index is 0.0708. The summed E-state index contributed by atoms with van der Waals surface area (Å²) in [5.41, 5.74) is 1.48. The van der Waals surface area contributed by atoms with Crippen LogP contribution in [0, 0.1) is 0 Å². The van der Waals surface area contributed by atoms with Gasteiger partial charge in [-0.2, -0.15) is 0 Å². The molecule has 1 aliphatic heterocycles. The van der Waals surface area contributed by atoms with Gasteiger partial charge < -0.3 is 4.90 Å². The highest BCUT2D eigenvalue weighted by atomic mass is 79.9. The Morgan fingerprint density at radius 3 is 2.59 bits per heavy atom. The van der Waals surface area contributed by atoms with Gasteiger partial charge in [0.1, 0.15) is 6.54 Å². The van der Waals surface area contributed by atoms with Crippen molar-refractivity contribution in [2.24, 2.45) is 0 Å². The number of halogens is 1. The predicted molar refractivity (Wildman–Crippen MR) is 86.4 cm³/mol. The van der Waals surface area contributed by atoms with Gasteiger partial charge in [-0.25, -0.2) is 9.69 Å². The molecule has 2 heterocycles. The van der Waals surface area contributed by atoms with Crippen molar-refractivity contribution in [3.8, 4) is 0 Å². The highest BCUT2D eigenvalue weighted by Gasteiger charge is 2.40. The summed E-state index contributed by atoms with van der Waals surface area (Å²) in [5.74, 6) is -0.243. The molecule has 2 aromatic rings. The number of urea groups is 1. The first-order valence-corrected chi connectivity index (χ1v) is 7.66. The van der Waals surface area contributed by atoms with Crippen LogP contribution in [0.4, 0.5) is 10.5 Å². The van der Waals surface area contributed by atoms with Crippen LogP contribution in [0.3, 0.4) is 0 Å². The van der Waals surface area contributed by atoms with E-state index in [2.05, 4.69) is 20.9 Å². The molecule has 5 nitrogen and oxygen atoms in total. The molecule has 0 saturated carbocycles. The molecule has 1 aromatic heterocycles. The summed E-state index contributed by atoms with van der Waals surface area (Å²) in [6, 6.07) is 10.9. The van der Waals surface area contributed by atoms with Crippen molar-refractivity contribution in [2.75, 3.05) is 11.4 Å². The van der Waals surface area contributed by atoms with Gasteiger partial charge in [0, 0.05) is 10.7 Å². The number of nitrogens with zero attached hydrogens (tertiary/aromatic N) is 3. The van der Waals surface area contributed by atoms with Crippen molar-refractivity contribution in [2.45, 2.75) is 13.0 Å². The zero-order chi connectivity index (χ0) is 15.7. The van der Waals surface area contributed by atoms with E-state index in [1.807, 2.05) is 37.3 Å². The third-order valence-electron chi connectivity index (χ3n) is 3.69. The van der Waals surface area contributed by atoms with Crippen LogP contribution in [0.25, 0.3) is 0 Å². The minimum atomic E-state index is -0.318. The molecule has 3 rings (SSSR count). The molecule has 1 saturated heterocycles. The summed E-state index contributed by atoms with van der Waals surface area (Å²) in [5, 5.41) is 0. The second-order valence-electron chi connectivity index (χ2n) is 5.09. The predicted octanol–water partition coefficient (Wildman–Crippen LogP) is 3.37. The molecule has 0 radical (unpaired) electrons. The molecule has 0 N–H and O–H groups in total. The summed E-state index contributed by atoms with van der Waals surface area (Å²) in [4.78, 5) is 31.7. The summed E-state index contributed by atoms with van der Waals surface area (Å²) in [6.45, 7) is 1.99. The van der Waals surface area contributed by atoms with Crippen LogP contribution in [0.1, 0.15) is 18.5 Å². The smallest absolute Gasteiger partial charge is 0.308 e. The van der Waals surface area contributed by atoms with Gasteiger partial charge in [0.15, 0.2) is 0 Å². The Labute approximate surface area is 136 Å². The Hall–Kier alpha value is -2.21. The second-order valence-corrected chi connectivity index (χ2v) is 6.00. The van der Waals surface area contributed by atoms with E-state index < -0.39 is 0 Å². The molecule has 6 heteroatoms. The lowest BCUT2D eigenvalue weighted by Crippen LogP contribution is -2.34. The van der Waals surface area contributed by atoms with Crippen molar-refractivity contribution >= 4 is 33.6 Å². The van der Waals surface area contributed by atoms with E-state index in [-0.39, 0.29) is 24.5 Å². The van der Waals surface area contributed by atoms with Gasteiger partial charge in [-0.15, -0.1) is 0 Å². The van der Waals surface area contributed by atoms with Crippen LogP contribution < -0.4 is 4.90 Å². The lowest BCUT2D eigenvalue weighted by molar-refractivity contribution is -0.116. The lowest BCUT2D eigenvalue weighted by atomic mass is 10.1. The number of anilines is 1. The van der Waals surface area contributed by atoms with E-state index >= 15 is 0 Å². The van der Waals surface area contributed by atoms with Gasteiger partial charge in [0.05, 0.1) is 17.9 Å². The molecule has 0 bridgehead atoms. The van der Waals surface area contributed by atoms with Crippen LogP contribution in [0.5, 0.6) is 0 Å². The van der Waals surface area contributed by atoms with Crippen molar-refractivity contribution in [1.82, 2.24) is 9.88 Å². The summed E-state index contributed by atoms with van der Waals surface area (Å²) < 4.78 is 0.722. The molecule has 0 spiro atoms. The molecule has 1 atom stereocenters. The Balaban J connectivity index is 1.89. The van der Waals surface area contributed by atoms with Gasteiger partial charge >= 0.3 is 6.03 Å². The third kappa shape index (κ3) is 2.62. The van der Waals surface area contributed by atoms with Crippen LogP contribution in [0.15, 0.2) is 53.3 Å². The number of pyridine rings is 1. The number of carbonyl (C=O) groups excluding carboxylic acids is 2. The van der Waals surface area contributed by atoms with Crippen molar-refractivity contribution < 1.29 is 9.59 Å². The normalized spacial score (nSPS) is 16.3. The molecule has 0 unspecified atom stereocenters. The van der Waals surface area contributed by atoms with Crippen LogP contribution >= 0.6 is 15.9 Å². The average molecular weight is 360 g/mol. The lowest BCUT2D eigenvalue weighted by Gasteiger charge is -2.24. The fourth-order valence-corrected chi connectivity index (χ4v) is 2.86. The Morgan fingerprint density at radius 1 is 1.18 bits per heavy atom. The topological polar surface area (TPSA) is 53.5 Å². The van der Waals surface area contributed by atoms with Crippen LogP contribution in [-0.4, -0.2) is 28.4 Å². The Kier molecular flexibility index (Phi) is 3.94. The van der Waals surface area contributed by atoms with Gasteiger partial charge in [0.25, 0.3) is 5.91 Å². The number of rotatable bonds is 3. The number of amides is 3. The Bertz CT molecular complexity index is 720. The van der Waals surface area contributed by atoms with Crippen molar-refractivity contribution in [1.29, 1.82) is 0 Å². The van der Waals surface area contributed by atoms with E-state index in [0.717, 1.165) is 10.0 Å². The summed E-state index contributed by atoms with van der Waals surface area (Å²) in [7, 11) is 0. The monoisotopic (exact) mass is 359 g/mol. The number of hydrogen-bond acceptors (Lipinski definition) is 3. The molecule has 3 amide bonds. The fourth-order valence-electron chi connectivity index (χ4n) is 2.51. The second kappa shape index (κ2) is 5.88. The summed E-state index contributed by atoms with van der Waals surface area (Å²) in [6.07, 6.45) is 3.12. The summed E-state index contributed by atoms with van der Waals surface area (Å²) >= 11 is 3.30. The van der Waals surface area contributed by atoms with E-state index in [9.17, 15) is 9.59 Å². The molecule has 0 aliphatic carbocycles. The van der Waals surface area contributed by atoms with E-state index in [1.54, 1.807) is 17.2 Å². The van der Waals surface area contributed by atoms with Gasteiger partial charge in [-0.3, -0.25) is 9.78 Å². The highest BCUT2D eigenvalue weighted by Crippen LogP contribution is 2.29. The van der Waals surface area contributed by atoms with E-state index in [4.69, 9.17) is 0 Å². The molecular weight excluding hydrogens is 346 g/mol. The molecule has 1 aromatic carbocycles. The molecular formula is C16H14BrN3O2. The first-order valence-electron chi connectivity index (χ1n) is 6.87. The largest absolute Gasteiger partial charge is 0.332 e. The maximum absolute atomic E-state index is 12.6. The maximum Gasteiger partial charge on any atom is 0.332 e. The van der Waals surface area contributed by atoms with Gasteiger partial charge in [-0.1, -0.05) is 30.3 Å². The zero-order valence-corrected chi connectivity index (χ0v) is 13.5. The number of imide groups is 1. The van der Waals surface area contributed by atoms with E-state index in [1.165, 1.54) is 11.1 Å². The van der Waals surface area contributed by atoms with Crippen molar-refractivity contribution in [3.63, 3.8) is 0 Å². The quantitative estimate of drug-likeness (QED) is 0.789. The first-order chi connectivity index (χ1) is 10.6. The molecule has 112 valence electrons. The van der Waals surface area contributed by atoms with Crippen LogP contribution in [-0.2, 0) is 4.79 Å². The van der Waals surface area contributed by atoms with Gasteiger partial charge in [0.2, 0.25) is 0 Å². The maximum atomic E-state index is 12.6. The number of aromatic nitrogens is 1. The fraction of sp³-hybridized carbons (Fsp3) is 0.188. The van der Waals surface area contributed by atoms with Crippen molar-refractivity contribution in [3.05, 3.63) is 58.8 Å². The van der Waals surface area contributed by atoms with Crippen LogP contribution in [0.2, 0.25) is 0 Å². The third-order valence-corrected chi connectivity index (χ3v) is 4.12. The minimum Gasteiger partial charge on any atom is -0.308 e. The molecule has 1 aliphatic rings. The molecule has 22 heavy (non-hydrogen) atoms.